The van der Waals surface area contributed by atoms with Crippen molar-refractivity contribution in [2.45, 2.75) is 38.1 Å². The first-order valence-corrected chi connectivity index (χ1v) is 9.11. The van der Waals surface area contributed by atoms with Crippen LogP contribution in [-0.2, 0) is 6.42 Å². The normalized spacial score (nSPS) is 22.3. The van der Waals surface area contributed by atoms with Gasteiger partial charge in [-0.2, -0.15) is 0 Å². The van der Waals surface area contributed by atoms with Crippen LogP contribution in [0.4, 0.5) is 4.79 Å². The molecule has 0 radical (unpaired) electrons. The van der Waals surface area contributed by atoms with Crippen molar-refractivity contribution >= 4 is 17.6 Å². The lowest BCUT2D eigenvalue weighted by molar-refractivity contribution is 0.161. The van der Waals surface area contributed by atoms with E-state index in [1.54, 1.807) is 0 Å². The quantitative estimate of drug-likeness (QED) is 0.917. The minimum absolute atomic E-state index is 0.0819. The van der Waals surface area contributed by atoms with Crippen LogP contribution >= 0.6 is 11.6 Å². The molecule has 1 aromatic rings. The Morgan fingerprint density at radius 1 is 1.13 bits per heavy atom. The number of nitrogens with zero attached hydrogens (tertiary/aromatic N) is 2. The van der Waals surface area contributed by atoms with Gasteiger partial charge in [-0.1, -0.05) is 30.2 Å². The zero-order valence-corrected chi connectivity index (χ0v) is 14.4. The molecule has 0 saturated carbocycles. The highest BCUT2D eigenvalue weighted by Gasteiger charge is 2.30. The van der Waals surface area contributed by atoms with Crippen LogP contribution in [0.15, 0.2) is 24.3 Å². The van der Waals surface area contributed by atoms with Crippen molar-refractivity contribution in [1.82, 2.24) is 15.1 Å². The number of piperidine rings is 1. The number of halogens is 1. The van der Waals surface area contributed by atoms with Crippen molar-refractivity contribution in [1.29, 1.82) is 0 Å². The van der Waals surface area contributed by atoms with Crippen molar-refractivity contribution in [3.05, 3.63) is 34.9 Å². The van der Waals surface area contributed by atoms with Crippen LogP contribution < -0.4 is 5.32 Å². The third kappa shape index (κ3) is 4.61. The Morgan fingerprint density at radius 2 is 1.87 bits per heavy atom. The summed E-state index contributed by atoms with van der Waals surface area (Å²) < 4.78 is 0. The van der Waals surface area contributed by atoms with Gasteiger partial charge < -0.3 is 10.2 Å². The molecule has 0 spiro atoms. The largest absolute Gasteiger partial charge is 0.338 e. The summed E-state index contributed by atoms with van der Waals surface area (Å²) in [6.45, 7) is 4.85. The molecule has 23 heavy (non-hydrogen) atoms. The fourth-order valence-corrected chi connectivity index (χ4v) is 3.71. The number of benzene rings is 1. The van der Waals surface area contributed by atoms with Gasteiger partial charge in [-0.15, -0.1) is 0 Å². The van der Waals surface area contributed by atoms with Gasteiger partial charge in [-0.3, -0.25) is 4.90 Å². The molecule has 1 aromatic carbocycles. The Morgan fingerprint density at radius 3 is 2.61 bits per heavy atom. The van der Waals surface area contributed by atoms with Gasteiger partial charge in [-0.05, 0) is 56.5 Å². The molecule has 2 aliphatic rings. The third-order valence-electron chi connectivity index (χ3n) is 4.96. The number of rotatable bonds is 4. The maximum atomic E-state index is 12.3. The lowest BCUT2D eigenvalue weighted by Gasteiger charge is -2.32. The molecule has 1 N–H and O–H groups in total. The first-order valence-electron chi connectivity index (χ1n) is 8.73. The molecule has 0 aliphatic carbocycles. The molecule has 0 bridgehead atoms. The second-order valence-corrected chi connectivity index (χ2v) is 7.03. The Labute approximate surface area is 143 Å². The number of amides is 2. The Hall–Kier alpha value is -1.26. The molecule has 5 heteroatoms. The summed E-state index contributed by atoms with van der Waals surface area (Å²) in [6, 6.07) is 8.45. The van der Waals surface area contributed by atoms with Gasteiger partial charge in [0.1, 0.15) is 0 Å². The first-order chi connectivity index (χ1) is 11.2. The maximum absolute atomic E-state index is 12.3. The minimum atomic E-state index is 0.0819. The molecule has 3 rings (SSSR count). The van der Waals surface area contributed by atoms with Crippen LogP contribution in [-0.4, -0.2) is 54.6 Å². The van der Waals surface area contributed by atoms with E-state index in [1.165, 1.54) is 37.9 Å². The summed E-state index contributed by atoms with van der Waals surface area (Å²) in [7, 11) is 0. The summed E-state index contributed by atoms with van der Waals surface area (Å²) in [5, 5.41) is 3.80. The van der Waals surface area contributed by atoms with Crippen molar-refractivity contribution in [3.8, 4) is 0 Å². The zero-order valence-electron chi connectivity index (χ0n) is 13.6. The van der Waals surface area contributed by atoms with Crippen LogP contribution in [0.3, 0.4) is 0 Å². The molecule has 2 fully saturated rings. The summed E-state index contributed by atoms with van der Waals surface area (Å²) in [5.41, 5.74) is 1.20. The van der Waals surface area contributed by atoms with E-state index >= 15 is 0 Å². The summed E-state index contributed by atoms with van der Waals surface area (Å²) >= 11 is 5.88. The number of likely N-dealkylation sites (tertiary alicyclic amines) is 2. The van der Waals surface area contributed by atoms with Crippen LogP contribution in [0.2, 0.25) is 5.02 Å². The molecular weight excluding hydrogens is 310 g/mol. The van der Waals surface area contributed by atoms with E-state index in [1.807, 2.05) is 29.2 Å². The second-order valence-electron chi connectivity index (χ2n) is 6.59. The molecule has 4 nitrogen and oxygen atoms in total. The van der Waals surface area contributed by atoms with E-state index in [2.05, 4.69) is 10.2 Å². The van der Waals surface area contributed by atoms with E-state index < -0.39 is 0 Å². The summed E-state index contributed by atoms with van der Waals surface area (Å²) in [4.78, 5) is 16.8. The van der Waals surface area contributed by atoms with Gasteiger partial charge in [0, 0.05) is 30.7 Å². The lowest BCUT2D eigenvalue weighted by atomic mass is 10.1. The zero-order chi connectivity index (χ0) is 16.1. The highest BCUT2D eigenvalue weighted by molar-refractivity contribution is 6.30. The van der Waals surface area contributed by atoms with Gasteiger partial charge in [-0.25, -0.2) is 4.79 Å². The van der Waals surface area contributed by atoms with E-state index in [0.717, 1.165) is 31.0 Å². The number of hydrogen-bond donors (Lipinski definition) is 1. The molecule has 0 unspecified atom stereocenters. The molecule has 2 aliphatic heterocycles. The van der Waals surface area contributed by atoms with Crippen LogP contribution in [0.1, 0.15) is 31.2 Å². The number of nitrogens with one attached hydrogen (secondary N) is 1. The van der Waals surface area contributed by atoms with E-state index in [0.29, 0.717) is 12.6 Å². The first kappa shape index (κ1) is 16.6. The number of carbonyl (C=O) groups is 1. The number of hydrogen-bond acceptors (Lipinski definition) is 2. The smallest absolute Gasteiger partial charge is 0.317 e. The Kier molecular flexibility index (Phi) is 5.79. The van der Waals surface area contributed by atoms with Crippen molar-refractivity contribution < 1.29 is 4.79 Å². The monoisotopic (exact) mass is 335 g/mol. The highest BCUT2D eigenvalue weighted by atomic mass is 35.5. The van der Waals surface area contributed by atoms with Gasteiger partial charge in [0.2, 0.25) is 0 Å². The molecule has 2 saturated heterocycles. The van der Waals surface area contributed by atoms with Crippen molar-refractivity contribution in [2.24, 2.45) is 0 Å². The number of carbonyl (C=O) groups excluding carboxylic acids is 1. The standard InChI is InChI=1S/C18H26ClN3O/c19-16-6-4-15(5-7-16)8-10-20-18(23)22-13-9-17(14-22)21-11-2-1-3-12-21/h4-7,17H,1-3,8-14H2,(H,20,23)/t17-/m1/s1. The van der Waals surface area contributed by atoms with Crippen molar-refractivity contribution in [2.75, 3.05) is 32.7 Å². The van der Waals surface area contributed by atoms with Crippen LogP contribution in [0, 0.1) is 0 Å². The van der Waals surface area contributed by atoms with Gasteiger partial charge >= 0.3 is 6.03 Å². The summed E-state index contributed by atoms with van der Waals surface area (Å²) in [5.74, 6) is 0. The fraction of sp³-hybridized carbons (Fsp3) is 0.611. The van der Waals surface area contributed by atoms with E-state index in [-0.39, 0.29) is 6.03 Å². The van der Waals surface area contributed by atoms with Gasteiger partial charge in [0.25, 0.3) is 0 Å². The number of urea groups is 1. The fourth-order valence-electron chi connectivity index (χ4n) is 3.58. The predicted molar refractivity (Wildman–Crippen MR) is 94.0 cm³/mol. The Bertz CT molecular complexity index is 514. The molecule has 2 heterocycles. The summed E-state index contributed by atoms with van der Waals surface area (Å²) in [6.07, 6.45) is 5.93. The SMILES string of the molecule is O=C(NCCc1ccc(Cl)cc1)N1CC[C@@H](N2CCCCC2)C1. The average Bonchev–Trinajstić information content (AvgIpc) is 3.07. The second kappa shape index (κ2) is 8.02. The van der Waals surface area contributed by atoms with E-state index in [9.17, 15) is 4.79 Å². The van der Waals surface area contributed by atoms with Gasteiger partial charge in [0.15, 0.2) is 0 Å². The third-order valence-corrected chi connectivity index (χ3v) is 5.21. The topological polar surface area (TPSA) is 35.6 Å². The van der Waals surface area contributed by atoms with E-state index in [4.69, 9.17) is 11.6 Å². The van der Waals surface area contributed by atoms with Crippen LogP contribution in [0.25, 0.3) is 0 Å². The molecular formula is C18H26ClN3O. The van der Waals surface area contributed by atoms with Gasteiger partial charge in [0.05, 0.1) is 0 Å². The lowest BCUT2D eigenvalue weighted by Crippen LogP contribution is -2.44. The average molecular weight is 336 g/mol. The maximum Gasteiger partial charge on any atom is 0.317 e. The minimum Gasteiger partial charge on any atom is -0.338 e. The Balaban J connectivity index is 1.39. The highest BCUT2D eigenvalue weighted by Crippen LogP contribution is 2.20. The van der Waals surface area contributed by atoms with Crippen molar-refractivity contribution in [3.63, 3.8) is 0 Å². The predicted octanol–water partition coefficient (Wildman–Crippen LogP) is 3.15. The molecule has 0 aromatic heterocycles. The van der Waals surface area contributed by atoms with Crippen LogP contribution in [0.5, 0.6) is 0 Å². The molecule has 2 amide bonds. The molecule has 126 valence electrons. The molecule has 1 atom stereocenters.